The zero-order valence-corrected chi connectivity index (χ0v) is 12.7. The second-order valence-electron chi connectivity index (χ2n) is 5.31. The van der Waals surface area contributed by atoms with Crippen LogP contribution in [-0.2, 0) is 14.3 Å². The summed E-state index contributed by atoms with van der Waals surface area (Å²) in [4.78, 5) is 20.7. The standard InChI is InChI=1S/C10H19NO2.C4H6O2/c1-7(2)9(12)13-8(3)11-10(4,5)6;1-3(2)4(5)6/h8,11H,1H2,2-6H3;1H2,2H3,(H,5,6). The molecule has 2 N–H and O–H groups in total. The van der Waals surface area contributed by atoms with E-state index in [9.17, 15) is 9.59 Å². The van der Waals surface area contributed by atoms with Crippen LogP contribution in [0.1, 0.15) is 41.5 Å². The van der Waals surface area contributed by atoms with Gasteiger partial charge in [0.25, 0.3) is 0 Å². The van der Waals surface area contributed by atoms with E-state index >= 15 is 0 Å². The van der Waals surface area contributed by atoms with Gasteiger partial charge in [0.1, 0.15) is 0 Å². The number of esters is 1. The van der Waals surface area contributed by atoms with Crippen molar-refractivity contribution in [3.05, 3.63) is 24.3 Å². The third-order valence-corrected chi connectivity index (χ3v) is 1.63. The molecule has 0 radical (unpaired) electrons. The molecule has 0 aromatic carbocycles. The van der Waals surface area contributed by atoms with Crippen molar-refractivity contribution >= 4 is 11.9 Å². The lowest BCUT2D eigenvalue weighted by molar-refractivity contribution is -0.145. The third-order valence-electron chi connectivity index (χ3n) is 1.63. The van der Waals surface area contributed by atoms with Crippen molar-refractivity contribution in [2.75, 3.05) is 0 Å². The fourth-order valence-electron chi connectivity index (χ4n) is 0.900. The van der Waals surface area contributed by atoms with Crippen molar-refractivity contribution in [1.82, 2.24) is 5.32 Å². The van der Waals surface area contributed by atoms with E-state index in [0.29, 0.717) is 5.57 Å². The van der Waals surface area contributed by atoms with Crippen molar-refractivity contribution in [1.29, 1.82) is 0 Å². The normalized spacial score (nSPS) is 11.7. The third kappa shape index (κ3) is 14.3. The van der Waals surface area contributed by atoms with Crippen molar-refractivity contribution < 1.29 is 19.4 Å². The second-order valence-corrected chi connectivity index (χ2v) is 5.31. The Morgan fingerprint density at radius 2 is 1.53 bits per heavy atom. The van der Waals surface area contributed by atoms with Crippen LogP contribution >= 0.6 is 0 Å². The monoisotopic (exact) mass is 271 g/mol. The van der Waals surface area contributed by atoms with Crippen LogP contribution in [-0.4, -0.2) is 28.8 Å². The topological polar surface area (TPSA) is 75.6 Å². The van der Waals surface area contributed by atoms with Gasteiger partial charge in [0.05, 0.1) is 0 Å². The number of carbonyl (C=O) groups excluding carboxylic acids is 1. The van der Waals surface area contributed by atoms with Crippen molar-refractivity contribution in [3.63, 3.8) is 0 Å². The molecule has 0 saturated heterocycles. The number of ether oxygens (including phenoxy) is 1. The lowest BCUT2D eigenvalue weighted by Gasteiger charge is -2.25. The molecule has 0 aromatic heterocycles. The first-order valence-corrected chi connectivity index (χ1v) is 5.89. The van der Waals surface area contributed by atoms with E-state index in [-0.39, 0.29) is 23.3 Å². The Balaban J connectivity index is 0. The van der Waals surface area contributed by atoms with Gasteiger partial charge >= 0.3 is 11.9 Å². The number of hydrogen-bond donors (Lipinski definition) is 2. The number of carbonyl (C=O) groups is 2. The van der Waals surface area contributed by atoms with Gasteiger partial charge < -0.3 is 9.84 Å². The van der Waals surface area contributed by atoms with Gasteiger partial charge in [-0.25, -0.2) is 9.59 Å². The van der Waals surface area contributed by atoms with Crippen molar-refractivity contribution in [2.45, 2.75) is 53.3 Å². The maximum atomic E-state index is 11.1. The lowest BCUT2D eigenvalue weighted by Crippen LogP contribution is -2.44. The Morgan fingerprint density at radius 3 is 1.74 bits per heavy atom. The fourth-order valence-corrected chi connectivity index (χ4v) is 0.900. The van der Waals surface area contributed by atoms with E-state index in [0.717, 1.165) is 0 Å². The Morgan fingerprint density at radius 1 is 1.16 bits per heavy atom. The molecule has 0 bridgehead atoms. The van der Waals surface area contributed by atoms with Gasteiger partial charge in [-0.15, -0.1) is 0 Å². The van der Waals surface area contributed by atoms with Crippen LogP contribution < -0.4 is 5.32 Å². The van der Waals surface area contributed by atoms with Gasteiger partial charge in [-0.2, -0.15) is 0 Å². The molecule has 5 nitrogen and oxygen atoms in total. The van der Waals surface area contributed by atoms with E-state index in [1.54, 1.807) is 13.8 Å². The summed E-state index contributed by atoms with van der Waals surface area (Å²) in [5, 5.41) is 11.0. The molecule has 19 heavy (non-hydrogen) atoms. The van der Waals surface area contributed by atoms with Gasteiger partial charge in [0.2, 0.25) is 0 Å². The summed E-state index contributed by atoms with van der Waals surface area (Å²) in [5.41, 5.74) is 0.534. The van der Waals surface area contributed by atoms with Crippen LogP contribution in [0.15, 0.2) is 24.3 Å². The highest BCUT2D eigenvalue weighted by atomic mass is 16.6. The minimum absolute atomic E-state index is 0.0607. The summed E-state index contributed by atoms with van der Waals surface area (Å²) < 4.78 is 5.04. The zero-order valence-electron chi connectivity index (χ0n) is 12.7. The molecular weight excluding hydrogens is 246 g/mol. The predicted octanol–water partition coefficient (Wildman–Crippen LogP) is 2.49. The van der Waals surface area contributed by atoms with Crippen LogP contribution in [0.25, 0.3) is 0 Å². The van der Waals surface area contributed by atoms with Crippen LogP contribution in [0, 0.1) is 0 Å². The Bertz CT molecular complexity index is 341. The molecule has 0 fully saturated rings. The number of hydrogen-bond acceptors (Lipinski definition) is 4. The van der Waals surface area contributed by atoms with E-state index < -0.39 is 5.97 Å². The van der Waals surface area contributed by atoms with Gasteiger partial charge in [0.15, 0.2) is 6.23 Å². The minimum Gasteiger partial charge on any atom is -0.478 e. The predicted molar refractivity (Wildman–Crippen MR) is 75.7 cm³/mol. The molecule has 0 saturated carbocycles. The van der Waals surface area contributed by atoms with Gasteiger partial charge in [0, 0.05) is 16.7 Å². The summed E-state index contributed by atoms with van der Waals surface area (Å²) in [6, 6.07) is 0. The first-order valence-electron chi connectivity index (χ1n) is 5.89. The van der Waals surface area contributed by atoms with Crippen LogP contribution in [0.3, 0.4) is 0 Å². The zero-order chi connectivity index (χ0) is 15.8. The highest BCUT2D eigenvalue weighted by Crippen LogP contribution is 2.03. The molecular formula is C14H25NO4. The van der Waals surface area contributed by atoms with Gasteiger partial charge in [-0.3, -0.25) is 5.32 Å². The quantitative estimate of drug-likeness (QED) is 0.467. The van der Waals surface area contributed by atoms with Crippen LogP contribution in [0.2, 0.25) is 0 Å². The molecule has 0 spiro atoms. The number of nitrogens with one attached hydrogen (secondary N) is 1. The second kappa shape index (κ2) is 8.48. The lowest BCUT2D eigenvalue weighted by atomic mass is 10.1. The maximum absolute atomic E-state index is 11.1. The van der Waals surface area contributed by atoms with E-state index in [1.165, 1.54) is 6.92 Å². The van der Waals surface area contributed by atoms with E-state index in [2.05, 4.69) is 18.5 Å². The molecule has 0 aliphatic heterocycles. The fraction of sp³-hybridized carbons (Fsp3) is 0.571. The average molecular weight is 271 g/mol. The molecule has 0 aromatic rings. The summed E-state index contributed by atoms with van der Waals surface area (Å²) in [6.07, 6.45) is -0.288. The molecule has 0 aliphatic rings. The Kier molecular flexibility index (Phi) is 8.79. The van der Waals surface area contributed by atoms with Crippen molar-refractivity contribution in [2.24, 2.45) is 0 Å². The molecule has 0 aliphatic carbocycles. The number of rotatable bonds is 4. The minimum atomic E-state index is -0.935. The first-order chi connectivity index (χ1) is 8.36. The Hall–Kier alpha value is -1.62. The van der Waals surface area contributed by atoms with E-state index in [4.69, 9.17) is 9.84 Å². The van der Waals surface area contributed by atoms with Gasteiger partial charge in [-0.1, -0.05) is 13.2 Å². The summed E-state index contributed by atoms with van der Waals surface area (Å²) >= 11 is 0. The summed E-state index contributed by atoms with van der Waals surface area (Å²) in [6.45, 7) is 17.6. The molecule has 0 amide bonds. The average Bonchev–Trinajstić information content (AvgIpc) is 2.14. The summed E-state index contributed by atoms with van der Waals surface area (Å²) in [5.74, 6) is -1.29. The molecule has 1 unspecified atom stereocenters. The molecule has 5 heteroatoms. The summed E-state index contributed by atoms with van der Waals surface area (Å²) in [7, 11) is 0. The smallest absolute Gasteiger partial charge is 0.334 e. The SMILES string of the molecule is C=C(C)C(=O)O.C=C(C)C(=O)OC(C)NC(C)(C)C. The highest BCUT2D eigenvalue weighted by Gasteiger charge is 2.16. The van der Waals surface area contributed by atoms with Crippen molar-refractivity contribution in [3.8, 4) is 0 Å². The first kappa shape index (κ1) is 19.7. The van der Waals surface area contributed by atoms with Crippen LogP contribution in [0.5, 0.6) is 0 Å². The highest BCUT2D eigenvalue weighted by molar-refractivity contribution is 5.87. The maximum Gasteiger partial charge on any atom is 0.334 e. The number of carboxylic acid groups (broad SMARTS) is 1. The molecule has 0 rings (SSSR count). The number of carboxylic acids is 1. The number of aliphatic carboxylic acids is 1. The Labute approximate surface area is 115 Å². The largest absolute Gasteiger partial charge is 0.478 e. The van der Waals surface area contributed by atoms with E-state index in [1.807, 2.05) is 20.8 Å². The molecule has 0 heterocycles. The van der Waals surface area contributed by atoms with Gasteiger partial charge in [-0.05, 0) is 41.5 Å². The molecule has 1 atom stereocenters. The van der Waals surface area contributed by atoms with Crippen LogP contribution in [0.4, 0.5) is 0 Å². The molecule has 110 valence electrons.